The van der Waals surface area contributed by atoms with Gasteiger partial charge in [0, 0.05) is 19.3 Å². The lowest BCUT2D eigenvalue weighted by molar-refractivity contribution is 0.678. The molecule has 0 bridgehead atoms. The average Bonchev–Trinajstić information content (AvgIpc) is 2.74. The largest absolute Gasteiger partial charge is 0.383 e. The zero-order valence-corrected chi connectivity index (χ0v) is 17.0. The second-order valence-corrected chi connectivity index (χ2v) is 7.37. The van der Waals surface area contributed by atoms with Gasteiger partial charge in [0.05, 0.1) is 5.39 Å². The molecule has 0 aliphatic carbocycles. The van der Waals surface area contributed by atoms with Gasteiger partial charge in [0.2, 0.25) is 11.9 Å². The van der Waals surface area contributed by atoms with E-state index in [2.05, 4.69) is 68.2 Å². The Bertz CT molecular complexity index is 1190. The Kier molecular flexibility index (Phi) is 5.58. The normalized spacial score (nSPS) is 11.3. The number of nitrogen functional groups attached to an aromatic ring is 2. The van der Waals surface area contributed by atoms with Crippen molar-refractivity contribution in [3.63, 3.8) is 0 Å². The highest BCUT2D eigenvalue weighted by Gasteiger charge is 2.16. The Morgan fingerprint density at radius 2 is 1.77 bits per heavy atom. The summed E-state index contributed by atoms with van der Waals surface area (Å²) in [5, 5.41) is 3.04. The summed E-state index contributed by atoms with van der Waals surface area (Å²) >= 11 is 0. The van der Waals surface area contributed by atoms with Crippen LogP contribution in [0.4, 0.5) is 17.7 Å². The van der Waals surface area contributed by atoms with Crippen molar-refractivity contribution in [2.75, 3.05) is 29.5 Å². The molecule has 0 aliphatic rings. The highest BCUT2D eigenvalue weighted by Crippen LogP contribution is 2.26. The zero-order valence-electron chi connectivity index (χ0n) is 17.0. The second kappa shape index (κ2) is 8.46. The van der Waals surface area contributed by atoms with Crippen molar-refractivity contribution in [2.24, 2.45) is 5.73 Å². The monoisotopic (exact) mass is 402 g/mol. The molecule has 0 unspecified atom stereocenters. The third-order valence-corrected chi connectivity index (χ3v) is 5.28. The summed E-state index contributed by atoms with van der Waals surface area (Å²) in [6, 6.07) is 12.7. The Balaban J connectivity index is 1.76. The van der Waals surface area contributed by atoms with Gasteiger partial charge in [-0.1, -0.05) is 36.4 Å². The highest BCUT2D eigenvalue weighted by atomic mass is 15.3. The third-order valence-electron chi connectivity index (χ3n) is 5.28. The van der Waals surface area contributed by atoms with E-state index >= 15 is 0 Å². The third kappa shape index (κ3) is 3.95. The van der Waals surface area contributed by atoms with Gasteiger partial charge in [0.1, 0.15) is 5.82 Å². The van der Waals surface area contributed by atoms with Crippen LogP contribution in [0.2, 0.25) is 0 Å². The molecular weight excluding hydrogens is 376 g/mol. The van der Waals surface area contributed by atoms with Gasteiger partial charge >= 0.3 is 0 Å². The molecule has 154 valence electrons. The lowest BCUT2D eigenvalue weighted by Crippen LogP contribution is -2.27. The molecule has 2 aromatic heterocycles. The van der Waals surface area contributed by atoms with Crippen molar-refractivity contribution in [3.05, 3.63) is 53.7 Å². The fourth-order valence-electron chi connectivity index (χ4n) is 3.64. The lowest BCUT2D eigenvalue weighted by atomic mass is 9.99. The van der Waals surface area contributed by atoms with Crippen molar-refractivity contribution < 1.29 is 0 Å². The molecule has 0 saturated heterocycles. The van der Waals surface area contributed by atoms with Gasteiger partial charge in [-0.15, -0.1) is 0 Å². The number of benzene rings is 2. The Morgan fingerprint density at radius 3 is 2.60 bits per heavy atom. The van der Waals surface area contributed by atoms with Crippen LogP contribution in [0.5, 0.6) is 0 Å². The van der Waals surface area contributed by atoms with Gasteiger partial charge in [0.15, 0.2) is 5.65 Å². The number of rotatable bonds is 7. The number of anilines is 3. The highest BCUT2D eigenvalue weighted by molar-refractivity contribution is 5.87. The van der Waals surface area contributed by atoms with Crippen LogP contribution >= 0.6 is 0 Å². The summed E-state index contributed by atoms with van der Waals surface area (Å²) < 4.78 is 0. The van der Waals surface area contributed by atoms with Gasteiger partial charge < -0.3 is 22.1 Å². The lowest BCUT2D eigenvalue weighted by Gasteiger charge is -2.24. The van der Waals surface area contributed by atoms with Gasteiger partial charge in [0.25, 0.3) is 0 Å². The van der Waals surface area contributed by atoms with E-state index in [0.29, 0.717) is 30.1 Å². The van der Waals surface area contributed by atoms with Crippen LogP contribution in [-0.2, 0) is 6.54 Å². The minimum atomic E-state index is 0.101. The molecular formula is C22H26N8. The first-order chi connectivity index (χ1) is 14.6. The van der Waals surface area contributed by atoms with Crippen LogP contribution in [-0.4, -0.2) is 33.0 Å². The smallest absolute Gasteiger partial charge is 0.227 e. The van der Waals surface area contributed by atoms with E-state index in [0.717, 1.165) is 19.4 Å². The number of hydrogen-bond acceptors (Lipinski definition) is 8. The first kappa shape index (κ1) is 19.8. The summed E-state index contributed by atoms with van der Waals surface area (Å²) in [7, 11) is 0. The summed E-state index contributed by atoms with van der Waals surface area (Å²) in [4.78, 5) is 19.6. The van der Waals surface area contributed by atoms with E-state index in [1.165, 1.54) is 21.9 Å². The molecule has 6 N–H and O–H groups in total. The van der Waals surface area contributed by atoms with Crippen LogP contribution in [0.25, 0.3) is 21.8 Å². The molecule has 0 spiro atoms. The molecule has 0 radical (unpaired) electrons. The molecule has 0 aliphatic heterocycles. The molecule has 0 amide bonds. The van der Waals surface area contributed by atoms with Gasteiger partial charge in [-0.2, -0.15) is 15.0 Å². The fraction of sp³-hybridized carbons (Fsp3) is 0.273. The number of nitrogens with two attached hydrogens (primary N) is 3. The Hall–Kier alpha value is -3.52. The fourth-order valence-corrected chi connectivity index (χ4v) is 3.64. The topological polar surface area (TPSA) is 133 Å². The SMILES string of the molecule is Cc1ccc2ccccc2c1CN(CCCCN)c1ncc2c(N)nc(N)nc2n1. The molecule has 4 rings (SSSR count). The molecule has 8 nitrogen and oxygen atoms in total. The molecule has 0 fully saturated rings. The average molecular weight is 403 g/mol. The summed E-state index contributed by atoms with van der Waals surface area (Å²) in [6.07, 6.45) is 3.54. The Labute approximate surface area is 175 Å². The number of aryl methyl sites for hydroxylation is 1. The second-order valence-electron chi connectivity index (χ2n) is 7.37. The maximum atomic E-state index is 5.95. The first-order valence-electron chi connectivity index (χ1n) is 10.0. The first-order valence-corrected chi connectivity index (χ1v) is 10.0. The van der Waals surface area contributed by atoms with Crippen molar-refractivity contribution in [2.45, 2.75) is 26.3 Å². The molecule has 8 heteroatoms. The standard InChI is InChI=1S/C22H26N8/c1-14-8-9-15-6-2-3-7-16(15)18(14)13-30(11-5-4-10-23)22-26-12-17-19(24)27-21(25)28-20(17)29-22/h2-3,6-9,12H,4-5,10-11,13,23H2,1H3,(H4,24,25,26,27,28,29). The molecule has 0 saturated carbocycles. The van der Waals surface area contributed by atoms with E-state index in [4.69, 9.17) is 17.2 Å². The predicted octanol–water partition coefficient (Wildman–Crippen LogP) is 2.79. The maximum Gasteiger partial charge on any atom is 0.227 e. The minimum absolute atomic E-state index is 0.101. The van der Waals surface area contributed by atoms with Crippen LogP contribution in [0.1, 0.15) is 24.0 Å². The number of aromatic nitrogens is 4. The molecule has 4 aromatic rings. The van der Waals surface area contributed by atoms with Crippen LogP contribution in [0.15, 0.2) is 42.6 Å². The van der Waals surface area contributed by atoms with Crippen molar-refractivity contribution in [1.29, 1.82) is 0 Å². The van der Waals surface area contributed by atoms with E-state index in [-0.39, 0.29) is 11.8 Å². The van der Waals surface area contributed by atoms with Gasteiger partial charge in [-0.3, -0.25) is 0 Å². The van der Waals surface area contributed by atoms with Gasteiger partial charge in [-0.05, 0) is 48.2 Å². The van der Waals surface area contributed by atoms with E-state index in [9.17, 15) is 0 Å². The van der Waals surface area contributed by atoms with Crippen LogP contribution in [0, 0.1) is 6.92 Å². The number of fused-ring (bicyclic) bond motifs is 2. The van der Waals surface area contributed by atoms with E-state index < -0.39 is 0 Å². The maximum absolute atomic E-state index is 5.95. The zero-order chi connectivity index (χ0) is 21.1. The number of unbranched alkanes of at least 4 members (excludes halogenated alkanes) is 1. The predicted molar refractivity (Wildman–Crippen MR) is 122 cm³/mol. The number of hydrogen-bond donors (Lipinski definition) is 3. The minimum Gasteiger partial charge on any atom is -0.383 e. The van der Waals surface area contributed by atoms with E-state index in [1.54, 1.807) is 6.20 Å². The molecule has 0 atom stereocenters. The van der Waals surface area contributed by atoms with Crippen molar-refractivity contribution in [1.82, 2.24) is 19.9 Å². The quantitative estimate of drug-likeness (QED) is 0.402. The van der Waals surface area contributed by atoms with Crippen LogP contribution < -0.4 is 22.1 Å². The summed E-state index contributed by atoms with van der Waals surface area (Å²) in [5.41, 5.74) is 20.4. The number of nitrogens with zero attached hydrogens (tertiary/aromatic N) is 5. The summed E-state index contributed by atoms with van der Waals surface area (Å²) in [6.45, 7) is 4.25. The van der Waals surface area contributed by atoms with Gasteiger partial charge in [-0.25, -0.2) is 4.98 Å². The summed E-state index contributed by atoms with van der Waals surface area (Å²) in [5.74, 6) is 0.970. The molecule has 30 heavy (non-hydrogen) atoms. The van der Waals surface area contributed by atoms with Crippen LogP contribution in [0.3, 0.4) is 0 Å². The van der Waals surface area contributed by atoms with Crippen molar-refractivity contribution >= 4 is 39.5 Å². The van der Waals surface area contributed by atoms with E-state index in [1.807, 2.05) is 0 Å². The molecule has 2 heterocycles. The Morgan fingerprint density at radius 1 is 0.933 bits per heavy atom. The van der Waals surface area contributed by atoms with Crippen molar-refractivity contribution in [3.8, 4) is 0 Å². The molecule has 2 aromatic carbocycles.